The quantitative estimate of drug-likeness (QED) is 0.733. The Hall–Kier alpha value is -1.82. The average Bonchev–Trinajstić information content (AvgIpc) is 3.10. The number of likely N-dealkylation sites (N-methyl/N-ethyl adjacent to an activating group) is 1. The number of rotatable bonds is 9. The first-order valence-corrected chi connectivity index (χ1v) is 9.73. The number of nitrogens with zero attached hydrogens (tertiary/aromatic N) is 3. The van der Waals surface area contributed by atoms with Crippen LogP contribution in [0, 0.1) is 5.92 Å². The van der Waals surface area contributed by atoms with E-state index in [0.717, 1.165) is 38.0 Å². The van der Waals surface area contributed by atoms with Crippen molar-refractivity contribution in [2.45, 2.75) is 52.2 Å². The van der Waals surface area contributed by atoms with Crippen LogP contribution >= 0.6 is 0 Å². The number of urea groups is 1. The van der Waals surface area contributed by atoms with E-state index in [-0.39, 0.29) is 6.03 Å². The van der Waals surface area contributed by atoms with Gasteiger partial charge in [0, 0.05) is 38.4 Å². The van der Waals surface area contributed by atoms with E-state index in [1.165, 1.54) is 12.8 Å². The molecular formula is C20H34N4O2. The predicted octanol–water partition coefficient (Wildman–Crippen LogP) is 3.13. The molecule has 0 bridgehead atoms. The third-order valence-corrected chi connectivity index (χ3v) is 4.52. The van der Waals surface area contributed by atoms with E-state index < -0.39 is 0 Å². The van der Waals surface area contributed by atoms with Crippen LogP contribution in [0.25, 0.3) is 0 Å². The SMILES string of the molecule is CC(C)CN(CCN(C)C)C(=O)NCc1ccc(OC2CCCC2)nc1. The Morgan fingerprint density at radius 1 is 1.27 bits per heavy atom. The first-order chi connectivity index (χ1) is 12.4. The van der Waals surface area contributed by atoms with Crippen LogP contribution in [0.2, 0.25) is 0 Å². The molecule has 0 atom stereocenters. The topological polar surface area (TPSA) is 57.7 Å². The van der Waals surface area contributed by atoms with E-state index in [4.69, 9.17) is 4.74 Å². The highest BCUT2D eigenvalue weighted by atomic mass is 16.5. The summed E-state index contributed by atoms with van der Waals surface area (Å²) in [5.41, 5.74) is 0.981. The van der Waals surface area contributed by atoms with E-state index in [0.29, 0.717) is 24.4 Å². The third kappa shape index (κ3) is 7.20. The molecule has 2 rings (SSSR count). The van der Waals surface area contributed by atoms with E-state index in [9.17, 15) is 4.79 Å². The van der Waals surface area contributed by atoms with E-state index in [1.54, 1.807) is 6.20 Å². The molecule has 146 valence electrons. The summed E-state index contributed by atoms with van der Waals surface area (Å²) in [5, 5.41) is 3.01. The van der Waals surface area contributed by atoms with Gasteiger partial charge in [-0.05, 0) is 51.3 Å². The largest absolute Gasteiger partial charge is 0.474 e. The molecule has 1 aromatic heterocycles. The fourth-order valence-corrected chi connectivity index (χ4v) is 3.09. The highest BCUT2D eigenvalue weighted by Crippen LogP contribution is 2.22. The molecule has 1 aliphatic carbocycles. The lowest BCUT2D eigenvalue weighted by atomic mass is 10.2. The fraction of sp³-hybridized carbons (Fsp3) is 0.700. The van der Waals surface area contributed by atoms with Gasteiger partial charge in [-0.2, -0.15) is 0 Å². The van der Waals surface area contributed by atoms with Crippen molar-refractivity contribution in [3.63, 3.8) is 0 Å². The summed E-state index contributed by atoms with van der Waals surface area (Å²) in [5.74, 6) is 1.12. The van der Waals surface area contributed by atoms with Gasteiger partial charge in [0.1, 0.15) is 6.10 Å². The van der Waals surface area contributed by atoms with Crippen molar-refractivity contribution in [3.05, 3.63) is 23.9 Å². The number of hydrogen-bond acceptors (Lipinski definition) is 4. The minimum atomic E-state index is -0.0215. The normalized spacial score (nSPS) is 14.8. The van der Waals surface area contributed by atoms with Crippen molar-refractivity contribution in [2.75, 3.05) is 33.7 Å². The van der Waals surface area contributed by atoms with Crippen LogP contribution in [-0.2, 0) is 6.54 Å². The van der Waals surface area contributed by atoms with Crippen molar-refractivity contribution in [1.82, 2.24) is 20.1 Å². The number of aromatic nitrogens is 1. The van der Waals surface area contributed by atoms with Gasteiger partial charge in [-0.15, -0.1) is 0 Å². The lowest BCUT2D eigenvalue weighted by Crippen LogP contribution is -2.44. The summed E-state index contributed by atoms with van der Waals surface area (Å²) in [6, 6.07) is 3.86. The van der Waals surface area contributed by atoms with Crippen molar-refractivity contribution in [2.24, 2.45) is 5.92 Å². The van der Waals surface area contributed by atoms with Crippen LogP contribution in [-0.4, -0.2) is 60.6 Å². The second kappa shape index (κ2) is 10.4. The van der Waals surface area contributed by atoms with Gasteiger partial charge in [0.05, 0.1) is 0 Å². The Morgan fingerprint density at radius 3 is 2.58 bits per heavy atom. The first-order valence-electron chi connectivity index (χ1n) is 9.73. The minimum absolute atomic E-state index is 0.0215. The summed E-state index contributed by atoms with van der Waals surface area (Å²) in [7, 11) is 4.04. The lowest BCUT2D eigenvalue weighted by molar-refractivity contribution is 0.184. The Kier molecular flexibility index (Phi) is 8.16. The molecule has 0 saturated heterocycles. The maximum Gasteiger partial charge on any atom is 0.317 e. The molecule has 1 aliphatic rings. The molecule has 0 unspecified atom stereocenters. The number of amides is 2. The van der Waals surface area contributed by atoms with Crippen LogP contribution in [0.4, 0.5) is 4.79 Å². The number of nitrogens with one attached hydrogen (secondary N) is 1. The average molecular weight is 363 g/mol. The Labute approximate surface area is 157 Å². The smallest absolute Gasteiger partial charge is 0.317 e. The van der Waals surface area contributed by atoms with Gasteiger partial charge in [0.15, 0.2) is 0 Å². The molecule has 1 saturated carbocycles. The van der Waals surface area contributed by atoms with Crippen LogP contribution in [0.15, 0.2) is 18.3 Å². The molecule has 1 fully saturated rings. The van der Waals surface area contributed by atoms with E-state index in [1.807, 2.05) is 31.1 Å². The van der Waals surface area contributed by atoms with Crippen molar-refractivity contribution >= 4 is 6.03 Å². The number of ether oxygens (including phenoxy) is 1. The van der Waals surface area contributed by atoms with Crippen LogP contribution in [0.5, 0.6) is 5.88 Å². The number of carbonyl (C=O) groups is 1. The molecule has 1 N–H and O–H groups in total. The Balaban J connectivity index is 1.81. The molecule has 0 radical (unpaired) electrons. The molecule has 2 amide bonds. The molecule has 1 aromatic rings. The summed E-state index contributed by atoms with van der Waals surface area (Å²) >= 11 is 0. The van der Waals surface area contributed by atoms with Gasteiger partial charge < -0.3 is 19.9 Å². The lowest BCUT2D eigenvalue weighted by Gasteiger charge is -2.26. The van der Waals surface area contributed by atoms with Crippen LogP contribution < -0.4 is 10.1 Å². The minimum Gasteiger partial charge on any atom is -0.474 e. The summed E-state index contributed by atoms with van der Waals surface area (Å²) < 4.78 is 5.88. The maximum atomic E-state index is 12.5. The summed E-state index contributed by atoms with van der Waals surface area (Å²) in [6.45, 7) is 7.07. The van der Waals surface area contributed by atoms with Crippen molar-refractivity contribution < 1.29 is 9.53 Å². The Bertz CT molecular complexity index is 539. The molecule has 6 heteroatoms. The van der Waals surface area contributed by atoms with Gasteiger partial charge in [-0.25, -0.2) is 9.78 Å². The number of hydrogen-bond donors (Lipinski definition) is 1. The molecule has 0 aliphatic heterocycles. The van der Waals surface area contributed by atoms with Gasteiger partial charge >= 0.3 is 6.03 Å². The second-order valence-electron chi connectivity index (χ2n) is 7.83. The molecular weight excluding hydrogens is 328 g/mol. The second-order valence-corrected chi connectivity index (χ2v) is 7.83. The zero-order valence-electron chi connectivity index (χ0n) is 16.7. The molecule has 26 heavy (non-hydrogen) atoms. The molecule has 6 nitrogen and oxygen atoms in total. The van der Waals surface area contributed by atoms with Crippen LogP contribution in [0.3, 0.4) is 0 Å². The van der Waals surface area contributed by atoms with Crippen molar-refractivity contribution in [3.8, 4) is 5.88 Å². The van der Waals surface area contributed by atoms with Gasteiger partial charge in [0.25, 0.3) is 0 Å². The Morgan fingerprint density at radius 2 is 2.00 bits per heavy atom. The zero-order valence-corrected chi connectivity index (χ0v) is 16.7. The maximum absolute atomic E-state index is 12.5. The highest BCUT2D eigenvalue weighted by molar-refractivity contribution is 5.74. The van der Waals surface area contributed by atoms with Gasteiger partial charge in [0.2, 0.25) is 5.88 Å². The zero-order chi connectivity index (χ0) is 18.9. The summed E-state index contributed by atoms with van der Waals surface area (Å²) in [4.78, 5) is 20.9. The van der Waals surface area contributed by atoms with Gasteiger partial charge in [-0.3, -0.25) is 0 Å². The first kappa shape index (κ1) is 20.5. The predicted molar refractivity (Wildman–Crippen MR) is 104 cm³/mol. The standard InChI is InChI=1S/C20H34N4O2/c1-16(2)15-24(12-11-23(3)4)20(25)22-14-17-9-10-19(21-13-17)26-18-7-5-6-8-18/h9-10,13,16,18H,5-8,11-12,14-15H2,1-4H3,(H,22,25). The van der Waals surface area contributed by atoms with E-state index >= 15 is 0 Å². The fourth-order valence-electron chi connectivity index (χ4n) is 3.09. The highest BCUT2D eigenvalue weighted by Gasteiger charge is 2.17. The summed E-state index contributed by atoms with van der Waals surface area (Å²) in [6.07, 6.45) is 6.84. The molecule has 0 aromatic carbocycles. The van der Waals surface area contributed by atoms with Crippen molar-refractivity contribution in [1.29, 1.82) is 0 Å². The van der Waals surface area contributed by atoms with E-state index in [2.05, 4.69) is 29.0 Å². The monoisotopic (exact) mass is 362 g/mol. The number of carbonyl (C=O) groups excluding carboxylic acids is 1. The molecule has 1 heterocycles. The van der Waals surface area contributed by atoms with Gasteiger partial charge in [-0.1, -0.05) is 19.9 Å². The van der Waals surface area contributed by atoms with Crippen LogP contribution in [0.1, 0.15) is 45.1 Å². The number of pyridine rings is 1. The third-order valence-electron chi connectivity index (χ3n) is 4.52. The molecule has 0 spiro atoms.